The average molecular weight is 234 g/mol. The van der Waals surface area contributed by atoms with Gasteiger partial charge in [-0.2, -0.15) is 0 Å². The summed E-state index contributed by atoms with van der Waals surface area (Å²) in [6, 6.07) is 2.89. The lowest BCUT2D eigenvalue weighted by Gasteiger charge is -2.26. The Morgan fingerprint density at radius 1 is 1.24 bits per heavy atom. The lowest BCUT2D eigenvalue weighted by atomic mass is 10.1. The summed E-state index contributed by atoms with van der Waals surface area (Å²) in [6.07, 6.45) is 8.62. The first-order valence-corrected chi connectivity index (χ1v) is 6.93. The first kappa shape index (κ1) is 11.3. The zero-order valence-electron chi connectivity index (χ0n) is 10.5. The second-order valence-corrected chi connectivity index (χ2v) is 5.36. The Morgan fingerprint density at radius 2 is 2.06 bits per heavy atom. The standard InChI is InChI=1S/C14H22N2O/c1-2-7-16(8-3-1)11-12-6-9-17-14(12)10-15-13-4-5-13/h6,9,13,15H,1-5,7-8,10-11H2. The molecule has 0 atom stereocenters. The zero-order valence-corrected chi connectivity index (χ0v) is 10.5. The fourth-order valence-electron chi connectivity index (χ4n) is 2.55. The maximum atomic E-state index is 5.60. The van der Waals surface area contributed by atoms with Crippen LogP contribution in [0, 0.1) is 0 Å². The third-order valence-corrected chi connectivity index (χ3v) is 3.81. The van der Waals surface area contributed by atoms with Crippen molar-refractivity contribution in [3.05, 3.63) is 23.7 Å². The topological polar surface area (TPSA) is 28.4 Å². The van der Waals surface area contributed by atoms with Gasteiger partial charge in [-0.25, -0.2) is 0 Å². The Bertz CT molecular complexity index is 351. The predicted molar refractivity (Wildman–Crippen MR) is 67.7 cm³/mol. The van der Waals surface area contributed by atoms with Crippen molar-refractivity contribution in [2.24, 2.45) is 0 Å². The Morgan fingerprint density at radius 3 is 2.82 bits per heavy atom. The van der Waals surface area contributed by atoms with Crippen LogP contribution in [0.4, 0.5) is 0 Å². The van der Waals surface area contributed by atoms with Gasteiger partial charge in [0, 0.05) is 18.2 Å². The van der Waals surface area contributed by atoms with E-state index < -0.39 is 0 Å². The number of furan rings is 1. The van der Waals surface area contributed by atoms with Crippen molar-refractivity contribution < 1.29 is 4.42 Å². The van der Waals surface area contributed by atoms with Gasteiger partial charge in [0.1, 0.15) is 5.76 Å². The predicted octanol–water partition coefficient (Wildman–Crippen LogP) is 2.52. The first-order valence-electron chi connectivity index (χ1n) is 6.93. The van der Waals surface area contributed by atoms with Crippen LogP contribution < -0.4 is 5.32 Å². The molecule has 3 rings (SSSR count). The smallest absolute Gasteiger partial charge is 0.122 e. The van der Waals surface area contributed by atoms with Gasteiger partial charge >= 0.3 is 0 Å². The van der Waals surface area contributed by atoms with Crippen LogP contribution in [0.3, 0.4) is 0 Å². The maximum Gasteiger partial charge on any atom is 0.122 e. The molecule has 2 fully saturated rings. The highest BCUT2D eigenvalue weighted by molar-refractivity contribution is 5.17. The molecule has 0 radical (unpaired) electrons. The molecule has 0 bridgehead atoms. The van der Waals surface area contributed by atoms with Crippen LogP contribution in [-0.2, 0) is 13.1 Å². The molecule has 1 N–H and O–H groups in total. The number of piperidine rings is 1. The van der Waals surface area contributed by atoms with Crippen molar-refractivity contribution in [1.82, 2.24) is 10.2 Å². The van der Waals surface area contributed by atoms with E-state index in [1.165, 1.54) is 50.8 Å². The summed E-state index contributed by atoms with van der Waals surface area (Å²) >= 11 is 0. The molecule has 2 heterocycles. The largest absolute Gasteiger partial charge is 0.468 e. The maximum absolute atomic E-state index is 5.60. The van der Waals surface area contributed by atoms with Gasteiger partial charge in [-0.1, -0.05) is 6.42 Å². The molecule has 3 nitrogen and oxygen atoms in total. The van der Waals surface area contributed by atoms with E-state index in [2.05, 4.69) is 16.3 Å². The van der Waals surface area contributed by atoms with Crippen molar-refractivity contribution in [2.45, 2.75) is 51.2 Å². The highest BCUT2D eigenvalue weighted by Gasteiger charge is 2.21. The number of nitrogens with one attached hydrogen (secondary N) is 1. The molecule has 1 aliphatic carbocycles. The molecule has 1 aromatic rings. The van der Waals surface area contributed by atoms with Gasteiger partial charge in [-0.3, -0.25) is 4.90 Å². The molecule has 3 heteroatoms. The van der Waals surface area contributed by atoms with E-state index in [4.69, 9.17) is 4.42 Å². The summed E-state index contributed by atoms with van der Waals surface area (Å²) in [7, 11) is 0. The summed E-state index contributed by atoms with van der Waals surface area (Å²) in [6.45, 7) is 4.47. The Kier molecular flexibility index (Phi) is 3.48. The summed E-state index contributed by atoms with van der Waals surface area (Å²) < 4.78 is 5.60. The Labute approximate surface area is 103 Å². The molecule has 94 valence electrons. The minimum atomic E-state index is 0.753. The summed E-state index contributed by atoms with van der Waals surface area (Å²) in [5.41, 5.74) is 1.38. The van der Waals surface area contributed by atoms with Crippen LogP contribution in [0.15, 0.2) is 16.7 Å². The van der Waals surface area contributed by atoms with Crippen molar-refractivity contribution in [3.63, 3.8) is 0 Å². The van der Waals surface area contributed by atoms with E-state index in [0.29, 0.717) is 0 Å². The van der Waals surface area contributed by atoms with Crippen molar-refractivity contribution in [2.75, 3.05) is 13.1 Å². The highest BCUT2D eigenvalue weighted by atomic mass is 16.3. The van der Waals surface area contributed by atoms with Gasteiger partial charge in [0.05, 0.1) is 12.8 Å². The SMILES string of the molecule is c1cc(CN2CCCCC2)c(CNC2CC2)o1. The fraction of sp³-hybridized carbons (Fsp3) is 0.714. The van der Waals surface area contributed by atoms with Crippen LogP contribution in [0.2, 0.25) is 0 Å². The zero-order chi connectivity index (χ0) is 11.5. The van der Waals surface area contributed by atoms with Crippen LogP contribution in [0.1, 0.15) is 43.4 Å². The lowest BCUT2D eigenvalue weighted by molar-refractivity contribution is 0.219. The molecule has 2 aliphatic rings. The number of likely N-dealkylation sites (tertiary alicyclic amines) is 1. The fourth-order valence-corrected chi connectivity index (χ4v) is 2.55. The van der Waals surface area contributed by atoms with E-state index in [1.54, 1.807) is 0 Å². The second-order valence-electron chi connectivity index (χ2n) is 5.36. The van der Waals surface area contributed by atoms with E-state index in [0.717, 1.165) is 24.9 Å². The number of hydrogen-bond donors (Lipinski definition) is 1. The number of hydrogen-bond acceptors (Lipinski definition) is 3. The van der Waals surface area contributed by atoms with E-state index in [9.17, 15) is 0 Å². The van der Waals surface area contributed by atoms with E-state index >= 15 is 0 Å². The van der Waals surface area contributed by atoms with Gasteiger partial charge in [0.15, 0.2) is 0 Å². The molecule has 0 spiro atoms. The third-order valence-electron chi connectivity index (χ3n) is 3.81. The molecule has 1 saturated carbocycles. The molecule has 0 amide bonds. The monoisotopic (exact) mass is 234 g/mol. The van der Waals surface area contributed by atoms with Crippen LogP contribution in [-0.4, -0.2) is 24.0 Å². The van der Waals surface area contributed by atoms with Gasteiger partial charge in [-0.05, 0) is 44.8 Å². The van der Waals surface area contributed by atoms with E-state index in [-0.39, 0.29) is 0 Å². The second kappa shape index (κ2) is 5.23. The van der Waals surface area contributed by atoms with E-state index in [1.807, 2.05) is 6.26 Å². The Hall–Kier alpha value is -0.800. The molecule has 0 unspecified atom stereocenters. The molecular weight excluding hydrogens is 212 g/mol. The molecule has 1 aromatic heterocycles. The van der Waals surface area contributed by atoms with Crippen molar-refractivity contribution in [3.8, 4) is 0 Å². The van der Waals surface area contributed by atoms with Crippen LogP contribution in [0.5, 0.6) is 0 Å². The lowest BCUT2D eigenvalue weighted by Crippen LogP contribution is -2.29. The minimum absolute atomic E-state index is 0.753. The molecule has 1 aliphatic heterocycles. The summed E-state index contributed by atoms with van der Waals surface area (Å²) in [4.78, 5) is 2.55. The van der Waals surface area contributed by atoms with Crippen LogP contribution >= 0.6 is 0 Å². The number of nitrogens with zero attached hydrogens (tertiary/aromatic N) is 1. The van der Waals surface area contributed by atoms with Crippen molar-refractivity contribution in [1.29, 1.82) is 0 Å². The van der Waals surface area contributed by atoms with Gasteiger partial charge in [-0.15, -0.1) is 0 Å². The molecule has 1 saturated heterocycles. The minimum Gasteiger partial charge on any atom is -0.468 e. The third kappa shape index (κ3) is 3.11. The summed E-state index contributed by atoms with van der Waals surface area (Å²) in [5, 5.41) is 3.52. The highest BCUT2D eigenvalue weighted by Crippen LogP contribution is 2.21. The van der Waals surface area contributed by atoms with Gasteiger partial charge < -0.3 is 9.73 Å². The molecular formula is C14H22N2O. The average Bonchev–Trinajstić information content (AvgIpc) is 3.09. The van der Waals surface area contributed by atoms with Crippen LogP contribution in [0.25, 0.3) is 0 Å². The first-order chi connectivity index (χ1) is 8.42. The quantitative estimate of drug-likeness (QED) is 0.848. The number of rotatable bonds is 5. The molecule has 17 heavy (non-hydrogen) atoms. The normalized spacial score (nSPS) is 21.9. The van der Waals surface area contributed by atoms with Crippen molar-refractivity contribution >= 4 is 0 Å². The Balaban J connectivity index is 1.55. The van der Waals surface area contributed by atoms with Gasteiger partial charge in [0.25, 0.3) is 0 Å². The molecule has 0 aromatic carbocycles. The van der Waals surface area contributed by atoms with Gasteiger partial charge in [0.2, 0.25) is 0 Å². The summed E-state index contributed by atoms with van der Waals surface area (Å²) in [5.74, 6) is 1.14.